The molecule has 29 heavy (non-hydrogen) atoms. The maximum atomic E-state index is 13.2. The van der Waals surface area contributed by atoms with E-state index in [1.807, 2.05) is 31.1 Å². The first-order valence-electron chi connectivity index (χ1n) is 9.07. The zero-order chi connectivity index (χ0) is 21.4. The van der Waals surface area contributed by atoms with E-state index >= 15 is 0 Å². The lowest BCUT2D eigenvalue weighted by Gasteiger charge is -2.25. The summed E-state index contributed by atoms with van der Waals surface area (Å²) in [6.07, 6.45) is 0. The number of ether oxygens (including phenoxy) is 2. The second-order valence-corrected chi connectivity index (χ2v) is 7.21. The van der Waals surface area contributed by atoms with Crippen molar-refractivity contribution in [1.82, 2.24) is 9.80 Å². The van der Waals surface area contributed by atoms with Crippen LogP contribution in [0.15, 0.2) is 42.5 Å². The summed E-state index contributed by atoms with van der Waals surface area (Å²) < 4.78 is 10.6. The summed E-state index contributed by atoms with van der Waals surface area (Å²) in [7, 11) is 5.38. The molecule has 0 bridgehead atoms. The molecule has 8 heteroatoms. The third-order valence-corrected chi connectivity index (χ3v) is 4.42. The Morgan fingerprint density at radius 1 is 1.03 bits per heavy atom. The van der Waals surface area contributed by atoms with Crippen LogP contribution in [0, 0.1) is 0 Å². The van der Waals surface area contributed by atoms with Crippen molar-refractivity contribution in [2.24, 2.45) is 5.73 Å². The average molecular weight is 420 g/mol. The molecule has 0 radical (unpaired) electrons. The molecule has 156 valence electrons. The Labute approximate surface area is 175 Å². The molecule has 0 unspecified atom stereocenters. The lowest BCUT2D eigenvalue weighted by Crippen LogP contribution is -2.36. The number of carbonyl (C=O) groups is 2. The summed E-state index contributed by atoms with van der Waals surface area (Å²) in [5.41, 5.74) is 6.55. The van der Waals surface area contributed by atoms with E-state index < -0.39 is 5.91 Å². The molecule has 0 saturated carbocycles. The number of amides is 2. The molecule has 2 aromatic carbocycles. The predicted octanol–water partition coefficient (Wildman–Crippen LogP) is 2.42. The van der Waals surface area contributed by atoms with Crippen LogP contribution in [0.2, 0.25) is 5.02 Å². The van der Waals surface area contributed by atoms with E-state index in [0.717, 1.165) is 12.1 Å². The number of methoxy groups -OCH3 is 1. The van der Waals surface area contributed by atoms with E-state index in [2.05, 4.69) is 0 Å². The first-order chi connectivity index (χ1) is 13.8. The molecular formula is C21H26ClN3O4. The molecule has 0 fully saturated rings. The van der Waals surface area contributed by atoms with E-state index in [1.54, 1.807) is 35.2 Å². The summed E-state index contributed by atoms with van der Waals surface area (Å²) in [6.45, 7) is 1.45. The van der Waals surface area contributed by atoms with E-state index in [4.69, 9.17) is 26.8 Å². The highest BCUT2D eigenvalue weighted by molar-refractivity contribution is 6.30. The zero-order valence-corrected chi connectivity index (χ0v) is 17.6. The van der Waals surface area contributed by atoms with Gasteiger partial charge in [0.1, 0.15) is 0 Å². The van der Waals surface area contributed by atoms with Crippen LogP contribution in [0.3, 0.4) is 0 Å². The minimum Gasteiger partial charge on any atom is -0.493 e. The van der Waals surface area contributed by atoms with Gasteiger partial charge < -0.3 is 25.0 Å². The van der Waals surface area contributed by atoms with Crippen LogP contribution in [-0.2, 0) is 11.3 Å². The number of likely N-dealkylation sites (N-methyl/N-ethyl adjacent to an activating group) is 1. The summed E-state index contributed by atoms with van der Waals surface area (Å²) in [4.78, 5) is 27.9. The van der Waals surface area contributed by atoms with Crippen molar-refractivity contribution in [2.45, 2.75) is 6.54 Å². The van der Waals surface area contributed by atoms with Crippen molar-refractivity contribution in [2.75, 3.05) is 40.9 Å². The van der Waals surface area contributed by atoms with Crippen LogP contribution in [0.5, 0.6) is 11.5 Å². The second kappa shape index (κ2) is 10.7. The fraction of sp³-hybridized carbons (Fsp3) is 0.333. The Balaban J connectivity index is 2.23. The maximum Gasteiger partial charge on any atom is 0.255 e. The molecule has 7 nitrogen and oxygen atoms in total. The predicted molar refractivity (Wildman–Crippen MR) is 112 cm³/mol. The highest BCUT2D eigenvalue weighted by atomic mass is 35.5. The average Bonchev–Trinajstić information content (AvgIpc) is 2.70. The molecule has 2 rings (SSSR count). The number of benzene rings is 2. The van der Waals surface area contributed by atoms with Gasteiger partial charge >= 0.3 is 0 Å². The fourth-order valence-electron chi connectivity index (χ4n) is 2.63. The largest absolute Gasteiger partial charge is 0.493 e. The summed E-state index contributed by atoms with van der Waals surface area (Å²) in [6, 6.07) is 12.3. The Kier molecular flexibility index (Phi) is 8.30. The van der Waals surface area contributed by atoms with E-state index in [9.17, 15) is 9.59 Å². The zero-order valence-electron chi connectivity index (χ0n) is 16.9. The number of halogens is 1. The van der Waals surface area contributed by atoms with Crippen molar-refractivity contribution in [3.63, 3.8) is 0 Å². The van der Waals surface area contributed by atoms with Gasteiger partial charge in [0.2, 0.25) is 0 Å². The van der Waals surface area contributed by atoms with Gasteiger partial charge in [0.15, 0.2) is 18.1 Å². The minimum atomic E-state index is -0.593. The van der Waals surface area contributed by atoms with Gasteiger partial charge in [-0.1, -0.05) is 23.7 Å². The monoisotopic (exact) mass is 419 g/mol. The van der Waals surface area contributed by atoms with Crippen LogP contribution in [-0.4, -0.2) is 62.5 Å². The van der Waals surface area contributed by atoms with Crippen molar-refractivity contribution >= 4 is 23.4 Å². The molecule has 0 spiro atoms. The van der Waals surface area contributed by atoms with E-state index in [1.165, 1.54) is 7.11 Å². The number of nitrogens with two attached hydrogens (primary N) is 1. The Morgan fingerprint density at radius 3 is 2.31 bits per heavy atom. The summed E-state index contributed by atoms with van der Waals surface area (Å²) in [5, 5.41) is 0.649. The van der Waals surface area contributed by atoms with Gasteiger partial charge in [0, 0.05) is 30.2 Å². The topological polar surface area (TPSA) is 85.1 Å². The molecule has 2 N–H and O–H groups in total. The Morgan fingerprint density at radius 2 is 1.72 bits per heavy atom. The van der Waals surface area contributed by atoms with Gasteiger partial charge in [0.05, 0.1) is 7.11 Å². The van der Waals surface area contributed by atoms with Crippen molar-refractivity contribution in [3.8, 4) is 11.5 Å². The van der Waals surface area contributed by atoms with E-state index in [-0.39, 0.29) is 12.5 Å². The number of nitrogens with zero attached hydrogens (tertiary/aromatic N) is 2. The van der Waals surface area contributed by atoms with Crippen molar-refractivity contribution in [1.29, 1.82) is 0 Å². The molecular weight excluding hydrogens is 394 g/mol. The van der Waals surface area contributed by atoms with Crippen LogP contribution < -0.4 is 15.2 Å². The van der Waals surface area contributed by atoms with Crippen LogP contribution in [0.25, 0.3) is 0 Å². The molecule has 0 heterocycles. The van der Waals surface area contributed by atoms with Gasteiger partial charge in [-0.15, -0.1) is 0 Å². The number of primary amides is 1. The first kappa shape index (κ1) is 22.5. The van der Waals surface area contributed by atoms with Gasteiger partial charge in [-0.3, -0.25) is 9.59 Å². The molecule has 2 aromatic rings. The van der Waals surface area contributed by atoms with Gasteiger partial charge in [-0.05, 0) is 50.0 Å². The molecule has 0 aliphatic heterocycles. The van der Waals surface area contributed by atoms with Crippen LogP contribution >= 0.6 is 11.6 Å². The normalized spacial score (nSPS) is 10.7. The second-order valence-electron chi connectivity index (χ2n) is 6.78. The molecule has 0 aliphatic carbocycles. The third kappa shape index (κ3) is 6.96. The molecule has 0 aromatic heterocycles. The standard InChI is InChI=1S/C21H26ClN3O4/c1-24(2)10-11-25(13-15-4-7-17(22)8-5-15)21(27)16-6-9-18(19(12-16)28-3)29-14-20(23)26/h4-9,12H,10-11,13-14H2,1-3H3,(H2,23,26). The Hall–Kier alpha value is -2.77. The van der Waals surface area contributed by atoms with Crippen LogP contribution in [0.1, 0.15) is 15.9 Å². The highest BCUT2D eigenvalue weighted by Crippen LogP contribution is 2.28. The number of hydrogen-bond donors (Lipinski definition) is 1. The third-order valence-electron chi connectivity index (χ3n) is 4.17. The van der Waals surface area contributed by atoms with Crippen molar-refractivity contribution in [3.05, 3.63) is 58.6 Å². The fourth-order valence-corrected chi connectivity index (χ4v) is 2.76. The summed E-state index contributed by atoms with van der Waals surface area (Å²) in [5.74, 6) is -0.0249. The van der Waals surface area contributed by atoms with Gasteiger partial charge in [-0.2, -0.15) is 0 Å². The molecule has 0 aliphatic rings. The van der Waals surface area contributed by atoms with Crippen LogP contribution in [0.4, 0.5) is 0 Å². The summed E-state index contributed by atoms with van der Waals surface area (Å²) >= 11 is 5.96. The molecule has 0 saturated heterocycles. The minimum absolute atomic E-state index is 0.137. The maximum absolute atomic E-state index is 13.2. The number of hydrogen-bond acceptors (Lipinski definition) is 5. The van der Waals surface area contributed by atoms with E-state index in [0.29, 0.717) is 35.2 Å². The number of carbonyl (C=O) groups excluding carboxylic acids is 2. The van der Waals surface area contributed by atoms with Gasteiger partial charge in [0.25, 0.3) is 11.8 Å². The Bertz CT molecular complexity index is 840. The first-order valence-corrected chi connectivity index (χ1v) is 9.45. The van der Waals surface area contributed by atoms with Gasteiger partial charge in [-0.25, -0.2) is 0 Å². The highest BCUT2D eigenvalue weighted by Gasteiger charge is 2.19. The van der Waals surface area contributed by atoms with Crippen molar-refractivity contribution < 1.29 is 19.1 Å². The molecule has 0 atom stereocenters. The lowest BCUT2D eigenvalue weighted by molar-refractivity contribution is -0.119. The number of rotatable bonds is 10. The molecule has 2 amide bonds. The lowest BCUT2D eigenvalue weighted by atomic mass is 10.1. The SMILES string of the molecule is COc1cc(C(=O)N(CCN(C)C)Cc2ccc(Cl)cc2)ccc1OCC(N)=O. The quantitative estimate of drug-likeness (QED) is 0.639. The smallest absolute Gasteiger partial charge is 0.255 e.